The van der Waals surface area contributed by atoms with E-state index in [1.165, 1.54) is 5.38 Å². The van der Waals surface area contributed by atoms with Crippen molar-refractivity contribution in [2.24, 2.45) is 0 Å². The SMILES string of the molecule is Cc1csc(C(=O)O)c1S(=O)(=O)NCC1CCCCO1. The molecule has 20 heavy (non-hydrogen) atoms. The predicted molar refractivity (Wildman–Crippen MR) is 74.8 cm³/mol. The Kier molecular flexibility index (Phi) is 4.79. The van der Waals surface area contributed by atoms with Gasteiger partial charge >= 0.3 is 5.97 Å². The Bertz CT molecular complexity index is 587. The molecule has 2 heterocycles. The van der Waals surface area contributed by atoms with E-state index < -0.39 is 16.0 Å². The molecule has 0 bridgehead atoms. The topological polar surface area (TPSA) is 92.7 Å². The molecule has 0 amide bonds. The maximum Gasteiger partial charge on any atom is 0.347 e. The van der Waals surface area contributed by atoms with Crippen LogP contribution in [0.3, 0.4) is 0 Å². The van der Waals surface area contributed by atoms with Crippen molar-refractivity contribution in [3.05, 3.63) is 15.8 Å². The fourth-order valence-corrected chi connectivity index (χ4v) is 4.85. The van der Waals surface area contributed by atoms with Gasteiger partial charge in [-0.3, -0.25) is 0 Å². The molecule has 1 aliphatic heterocycles. The molecule has 1 saturated heterocycles. The van der Waals surface area contributed by atoms with Crippen LogP contribution < -0.4 is 4.72 Å². The molecular formula is C12H17NO5S2. The minimum Gasteiger partial charge on any atom is -0.477 e. The number of sulfonamides is 1. The van der Waals surface area contributed by atoms with Crippen LogP contribution in [0.2, 0.25) is 0 Å². The predicted octanol–water partition coefficient (Wildman–Crippen LogP) is 1.60. The molecule has 0 spiro atoms. The van der Waals surface area contributed by atoms with Crippen molar-refractivity contribution in [1.82, 2.24) is 4.72 Å². The Morgan fingerprint density at radius 2 is 2.30 bits per heavy atom. The second-order valence-electron chi connectivity index (χ2n) is 4.72. The molecule has 0 aromatic carbocycles. The van der Waals surface area contributed by atoms with Crippen LogP contribution in [0.25, 0.3) is 0 Å². The lowest BCUT2D eigenvalue weighted by Gasteiger charge is -2.22. The van der Waals surface area contributed by atoms with Crippen molar-refractivity contribution < 1.29 is 23.1 Å². The first-order chi connectivity index (χ1) is 9.42. The Morgan fingerprint density at radius 1 is 1.55 bits per heavy atom. The van der Waals surface area contributed by atoms with E-state index in [1.807, 2.05) is 0 Å². The van der Waals surface area contributed by atoms with Crippen LogP contribution in [0.5, 0.6) is 0 Å². The molecular weight excluding hydrogens is 302 g/mol. The maximum absolute atomic E-state index is 12.3. The summed E-state index contributed by atoms with van der Waals surface area (Å²) in [6.07, 6.45) is 2.70. The number of carbonyl (C=O) groups is 1. The third-order valence-corrected chi connectivity index (χ3v) is 5.98. The lowest BCUT2D eigenvalue weighted by Crippen LogP contribution is -2.36. The summed E-state index contributed by atoms with van der Waals surface area (Å²) in [6, 6.07) is 0. The van der Waals surface area contributed by atoms with Crippen molar-refractivity contribution in [2.45, 2.75) is 37.2 Å². The molecule has 2 N–H and O–H groups in total. The Balaban J connectivity index is 2.14. The van der Waals surface area contributed by atoms with Gasteiger partial charge in [-0.05, 0) is 37.1 Å². The summed E-state index contributed by atoms with van der Waals surface area (Å²) in [4.78, 5) is 10.8. The maximum atomic E-state index is 12.3. The fraction of sp³-hybridized carbons (Fsp3) is 0.583. The number of carboxylic acid groups (broad SMARTS) is 1. The monoisotopic (exact) mass is 319 g/mol. The van der Waals surface area contributed by atoms with Crippen molar-refractivity contribution in [2.75, 3.05) is 13.2 Å². The van der Waals surface area contributed by atoms with E-state index in [0.29, 0.717) is 12.2 Å². The van der Waals surface area contributed by atoms with E-state index in [4.69, 9.17) is 9.84 Å². The second kappa shape index (κ2) is 6.21. The Hall–Kier alpha value is -0.960. The van der Waals surface area contributed by atoms with Gasteiger partial charge in [0.15, 0.2) is 0 Å². The first kappa shape index (κ1) is 15.4. The highest BCUT2D eigenvalue weighted by Crippen LogP contribution is 2.26. The van der Waals surface area contributed by atoms with Gasteiger partial charge in [0.05, 0.1) is 6.10 Å². The average Bonchev–Trinajstić information content (AvgIpc) is 2.81. The fourth-order valence-electron chi connectivity index (χ4n) is 2.16. The van der Waals surface area contributed by atoms with Crippen LogP contribution in [-0.2, 0) is 14.8 Å². The number of nitrogens with one attached hydrogen (secondary N) is 1. The highest BCUT2D eigenvalue weighted by molar-refractivity contribution is 7.89. The van der Waals surface area contributed by atoms with Gasteiger partial charge in [0.2, 0.25) is 10.0 Å². The van der Waals surface area contributed by atoms with Gasteiger partial charge in [-0.2, -0.15) is 0 Å². The van der Waals surface area contributed by atoms with E-state index in [0.717, 1.165) is 30.6 Å². The summed E-state index contributed by atoms with van der Waals surface area (Å²) >= 11 is 0.923. The number of aryl methyl sites for hydroxylation is 1. The van der Waals surface area contributed by atoms with Crippen molar-refractivity contribution >= 4 is 27.3 Å². The zero-order chi connectivity index (χ0) is 14.8. The summed E-state index contributed by atoms with van der Waals surface area (Å²) in [5, 5.41) is 10.6. The molecule has 1 unspecified atom stereocenters. The third kappa shape index (κ3) is 3.38. The van der Waals surface area contributed by atoms with Gasteiger partial charge in [-0.25, -0.2) is 17.9 Å². The van der Waals surface area contributed by atoms with Gasteiger partial charge in [0.25, 0.3) is 0 Å². The molecule has 1 aromatic heterocycles. The number of carboxylic acids is 1. The first-order valence-corrected chi connectivity index (χ1v) is 8.71. The number of hydrogen-bond acceptors (Lipinski definition) is 5. The number of ether oxygens (including phenoxy) is 1. The molecule has 1 aromatic rings. The molecule has 6 nitrogen and oxygen atoms in total. The number of hydrogen-bond donors (Lipinski definition) is 2. The summed E-state index contributed by atoms with van der Waals surface area (Å²) < 4.78 is 32.4. The van der Waals surface area contributed by atoms with Gasteiger partial charge in [0.1, 0.15) is 9.77 Å². The smallest absolute Gasteiger partial charge is 0.347 e. The molecule has 1 fully saturated rings. The number of rotatable bonds is 5. The van der Waals surface area contributed by atoms with Crippen molar-refractivity contribution in [3.63, 3.8) is 0 Å². The lowest BCUT2D eigenvalue weighted by molar-refractivity contribution is 0.0200. The third-order valence-electron chi connectivity index (χ3n) is 3.16. The van der Waals surface area contributed by atoms with Crippen molar-refractivity contribution in [3.8, 4) is 0 Å². The van der Waals surface area contributed by atoms with Crippen LogP contribution in [0.4, 0.5) is 0 Å². The minimum absolute atomic E-state index is 0.134. The van der Waals surface area contributed by atoms with Crippen LogP contribution in [0.15, 0.2) is 10.3 Å². The van der Waals surface area contributed by atoms with Crippen LogP contribution in [-0.4, -0.2) is 38.7 Å². The highest BCUT2D eigenvalue weighted by Gasteiger charge is 2.27. The highest BCUT2D eigenvalue weighted by atomic mass is 32.2. The molecule has 0 aliphatic carbocycles. The van der Waals surface area contributed by atoms with E-state index in [2.05, 4.69) is 4.72 Å². The summed E-state index contributed by atoms with van der Waals surface area (Å²) in [5.41, 5.74) is 0.449. The van der Waals surface area contributed by atoms with E-state index in [1.54, 1.807) is 6.92 Å². The summed E-state index contributed by atoms with van der Waals surface area (Å²) in [6.45, 7) is 2.41. The minimum atomic E-state index is -3.82. The quantitative estimate of drug-likeness (QED) is 0.860. The normalized spacial score (nSPS) is 19.9. The molecule has 112 valence electrons. The molecule has 2 rings (SSSR count). The largest absolute Gasteiger partial charge is 0.477 e. The van der Waals surface area contributed by atoms with Crippen LogP contribution >= 0.6 is 11.3 Å². The van der Waals surface area contributed by atoms with Gasteiger partial charge < -0.3 is 9.84 Å². The molecule has 1 aliphatic rings. The molecule has 1 atom stereocenters. The Morgan fingerprint density at radius 3 is 2.90 bits per heavy atom. The number of aromatic carboxylic acids is 1. The van der Waals surface area contributed by atoms with Crippen LogP contribution in [0, 0.1) is 6.92 Å². The van der Waals surface area contributed by atoms with Gasteiger partial charge in [-0.15, -0.1) is 11.3 Å². The zero-order valence-electron chi connectivity index (χ0n) is 11.1. The van der Waals surface area contributed by atoms with Crippen LogP contribution in [0.1, 0.15) is 34.5 Å². The molecule has 0 saturated carbocycles. The van der Waals surface area contributed by atoms with E-state index in [9.17, 15) is 13.2 Å². The van der Waals surface area contributed by atoms with Gasteiger partial charge in [0, 0.05) is 13.2 Å². The van der Waals surface area contributed by atoms with E-state index in [-0.39, 0.29) is 22.4 Å². The zero-order valence-corrected chi connectivity index (χ0v) is 12.7. The molecule has 8 heteroatoms. The first-order valence-electron chi connectivity index (χ1n) is 6.34. The Labute approximate surface area is 121 Å². The lowest BCUT2D eigenvalue weighted by atomic mass is 10.1. The standard InChI is InChI=1S/C12H17NO5S2/c1-8-7-19-10(12(14)15)11(8)20(16,17)13-6-9-4-2-3-5-18-9/h7,9,13H,2-6H2,1H3,(H,14,15). The van der Waals surface area contributed by atoms with Crippen molar-refractivity contribution in [1.29, 1.82) is 0 Å². The number of thiophene rings is 1. The summed E-state index contributed by atoms with van der Waals surface area (Å²) in [7, 11) is -3.82. The average molecular weight is 319 g/mol. The van der Waals surface area contributed by atoms with Gasteiger partial charge in [-0.1, -0.05) is 0 Å². The second-order valence-corrected chi connectivity index (χ2v) is 7.31. The summed E-state index contributed by atoms with van der Waals surface area (Å²) in [5.74, 6) is -1.22. The molecule has 0 radical (unpaired) electrons. The van der Waals surface area contributed by atoms with E-state index >= 15 is 0 Å².